The van der Waals surface area contributed by atoms with Gasteiger partial charge in [-0.15, -0.1) is 0 Å². The van der Waals surface area contributed by atoms with Crippen LogP contribution in [-0.4, -0.2) is 0 Å². The predicted molar refractivity (Wildman–Crippen MR) is 343 cm³/mol. The van der Waals surface area contributed by atoms with Gasteiger partial charge < -0.3 is 9.80 Å². The Morgan fingerprint density at radius 3 is 0.827 bits per heavy atom. The second-order valence-electron chi connectivity index (χ2n) is 24.3. The first-order chi connectivity index (χ1) is 39.8. The molecule has 2 fully saturated rings. The van der Waals surface area contributed by atoms with Crippen molar-refractivity contribution in [2.45, 2.75) is 94.3 Å². The van der Waals surface area contributed by atoms with Gasteiger partial charge in [-0.3, -0.25) is 0 Å². The molecule has 0 unspecified atom stereocenters. The summed E-state index contributed by atoms with van der Waals surface area (Å²) in [6.07, 6.45) is 21.8. The molecule has 5 aliphatic carbocycles. The molecule has 2 heteroatoms. The highest BCUT2D eigenvalue weighted by atomic mass is 15.1. The molecule has 10 aromatic rings. The van der Waals surface area contributed by atoms with E-state index in [2.05, 4.69) is 278 Å². The summed E-state index contributed by atoms with van der Waals surface area (Å²) in [6, 6.07) is 86.7. The minimum atomic E-state index is -0.136. The van der Waals surface area contributed by atoms with Crippen molar-refractivity contribution in [3.05, 3.63) is 286 Å². The molecule has 2 nitrogen and oxygen atoms in total. The van der Waals surface area contributed by atoms with Gasteiger partial charge in [0.15, 0.2) is 0 Å². The zero-order valence-electron chi connectivity index (χ0n) is 46.7. The highest BCUT2D eigenvalue weighted by Gasteiger charge is 2.46. The minimum absolute atomic E-state index is 0.0190. The number of anilines is 6. The van der Waals surface area contributed by atoms with Crippen LogP contribution in [0, 0.1) is 0 Å². The van der Waals surface area contributed by atoms with Crippen LogP contribution in [0.4, 0.5) is 34.1 Å². The maximum atomic E-state index is 2.53. The van der Waals surface area contributed by atoms with Gasteiger partial charge in [0.05, 0.1) is 0 Å². The van der Waals surface area contributed by atoms with Crippen LogP contribution >= 0.6 is 0 Å². The SMILES string of the molecule is CC1(C)c2cc(/C=C/c3ccc4c(c3)C3(CCCCC3)c3cc(N(c5ccccc5)c5ccccc5)ccc3-4)ccc2-c2ccc(/C=C/c3ccc4c(c3)C3(CCCCC3)c3cc(N(c5ccccc5)c5ccccc5)ccc3-4)cc21. The van der Waals surface area contributed by atoms with Crippen molar-refractivity contribution < 1.29 is 0 Å². The van der Waals surface area contributed by atoms with Crippen molar-refractivity contribution in [1.29, 1.82) is 0 Å². The van der Waals surface area contributed by atoms with Gasteiger partial charge in [-0.2, -0.15) is 0 Å². The van der Waals surface area contributed by atoms with E-state index in [0.717, 1.165) is 0 Å². The molecule has 0 amide bonds. The molecule has 0 aliphatic heterocycles. The van der Waals surface area contributed by atoms with E-state index < -0.39 is 0 Å². The van der Waals surface area contributed by atoms with Crippen LogP contribution in [0.25, 0.3) is 57.7 Å². The van der Waals surface area contributed by atoms with Gasteiger partial charge in [-0.25, -0.2) is 0 Å². The number of hydrogen-bond donors (Lipinski definition) is 0. The first kappa shape index (κ1) is 49.3. The summed E-state index contributed by atoms with van der Waals surface area (Å²) < 4.78 is 0. The minimum Gasteiger partial charge on any atom is -0.310 e. The Balaban J connectivity index is 0.693. The monoisotopic (exact) mass is 1040 g/mol. The fraction of sp³-hybridized carbons (Fsp3) is 0.190. The molecule has 394 valence electrons. The molecule has 15 rings (SSSR count). The van der Waals surface area contributed by atoms with Crippen LogP contribution in [0.5, 0.6) is 0 Å². The predicted octanol–water partition coefficient (Wildman–Crippen LogP) is 21.7. The fourth-order valence-corrected chi connectivity index (χ4v) is 15.4. The third kappa shape index (κ3) is 8.28. The highest BCUT2D eigenvalue weighted by Crippen LogP contribution is 2.59. The third-order valence-corrected chi connectivity index (χ3v) is 19.4. The molecule has 2 spiro atoms. The van der Waals surface area contributed by atoms with E-state index in [0.29, 0.717) is 0 Å². The topological polar surface area (TPSA) is 6.48 Å². The van der Waals surface area contributed by atoms with E-state index in [-0.39, 0.29) is 16.2 Å². The van der Waals surface area contributed by atoms with E-state index in [4.69, 9.17) is 0 Å². The number of hydrogen-bond acceptors (Lipinski definition) is 2. The van der Waals surface area contributed by atoms with E-state index in [1.165, 1.54) is 187 Å². The van der Waals surface area contributed by atoms with E-state index in [1.807, 2.05) is 0 Å². The number of rotatable bonds is 10. The van der Waals surface area contributed by atoms with Crippen LogP contribution in [0.1, 0.15) is 134 Å². The highest BCUT2D eigenvalue weighted by molar-refractivity contribution is 5.90. The van der Waals surface area contributed by atoms with Crippen LogP contribution in [0.15, 0.2) is 231 Å². The number of fused-ring (bicyclic) bond motifs is 13. The average Bonchev–Trinajstić information content (AvgIpc) is 2.87. The van der Waals surface area contributed by atoms with Gasteiger partial charge in [0.2, 0.25) is 0 Å². The summed E-state index contributed by atoms with van der Waals surface area (Å²) in [6.45, 7) is 4.83. The third-order valence-electron chi connectivity index (χ3n) is 19.4. The molecule has 0 aromatic heterocycles. The molecule has 0 N–H and O–H groups in total. The lowest BCUT2D eigenvalue weighted by Gasteiger charge is -2.37. The van der Waals surface area contributed by atoms with Crippen molar-refractivity contribution in [3.63, 3.8) is 0 Å². The van der Waals surface area contributed by atoms with Crippen LogP contribution in [0.2, 0.25) is 0 Å². The average molecular weight is 1050 g/mol. The lowest BCUT2D eigenvalue weighted by Crippen LogP contribution is -2.28. The maximum Gasteiger partial charge on any atom is 0.0465 e. The summed E-state index contributed by atoms with van der Waals surface area (Å²) >= 11 is 0. The Kier molecular flexibility index (Phi) is 12.1. The molecule has 0 radical (unpaired) electrons. The first-order valence-electron chi connectivity index (χ1n) is 29.9. The fourth-order valence-electron chi connectivity index (χ4n) is 15.4. The smallest absolute Gasteiger partial charge is 0.0465 e. The second kappa shape index (κ2) is 19.8. The molecule has 2 saturated carbocycles. The van der Waals surface area contributed by atoms with Crippen molar-refractivity contribution in [2.24, 2.45) is 0 Å². The summed E-state index contributed by atoms with van der Waals surface area (Å²) in [4.78, 5) is 4.84. The summed E-state index contributed by atoms with van der Waals surface area (Å²) in [5.41, 5.74) is 29.2. The van der Waals surface area contributed by atoms with Gasteiger partial charge >= 0.3 is 0 Å². The normalized spacial score (nSPS) is 16.5. The zero-order chi connectivity index (χ0) is 54.1. The quantitative estimate of drug-likeness (QED) is 0.126. The summed E-state index contributed by atoms with van der Waals surface area (Å²) in [7, 11) is 0. The van der Waals surface area contributed by atoms with Crippen molar-refractivity contribution >= 4 is 58.4 Å². The van der Waals surface area contributed by atoms with Crippen LogP contribution < -0.4 is 9.80 Å². The Morgan fingerprint density at radius 1 is 0.259 bits per heavy atom. The van der Waals surface area contributed by atoms with Gasteiger partial charge in [-0.1, -0.05) is 234 Å². The molecule has 0 bridgehead atoms. The van der Waals surface area contributed by atoms with E-state index >= 15 is 0 Å². The molecular formula is C79H68N2. The van der Waals surface area contributed by atoms with E-state index in [1.54, 1.807) is 0 Å². The molecule has 81 heavy (non-hydrogen) atoms. The van der Waals surface area contributed by atoms with Crippen molar-refractivity contribution in [2.75, 3.05) is 9.80 Å². The Hall–Kier alpha value is -8.72. The van der Waals surface area contributed by atoms with E-state index in [9.17, 15) is 0 Å². The molecule has 0 atom stereocenters. The van der Waals surface area contributed by atoms with Crippen LogP contribution in [0.3, 0.4) is 0 Å². The largest absolute Gasteiger partial charge is 0.310 e. The standard InChI is InChI=1S/C79H68N2/c1-77(2)71-49-55(29-31-57-35-41-67-69-43-37-63(53-75(69)78(73(67)51-57)45-17-7-18-46-78)80(59-21-9-3-10-22-59)60-23-11-4-12-24-60)33-39-65(71)66-40-34-56(50-72(66)77)30-32-58-36-42-68-70-44-38-64(54-76(70)79(74(68)52-58)47-19-8-20-48-79)81(61-25-13-5-14-26-61)62-27-15-6-16-28-62/h3-6,9-16,21-44,49-54H,7-8,17-20,45-48H2,1-2H3/b31-29+,32-30+. The molecule has 0 heterocycles. The summed E-state index contributed by atoms with van der Waals surface area (Å²) in [5, 5.41) is 0. The molecular weight excluding hydrogens is 977 g/mol. The van der Waals surface area contributed by atoms with Gasteiger partial charge in [0.25, 0.3) is 0 Å². The van der Waals surface area contributed by atoms with Gasteiger partial charge in [0.1, 0.15) is 0 Å². The lowest BCUT2D eigenvalue weighted by molar-refractivity contribution is 0.353. The number of benzene rings is 10. The Bertz CT molecular complexity index is 3730. The molecule has 0 saturated heterocycles. The molecule has 10 aromatic carbocycles. The van der Waals surface area contributed by atoms with Crippen molar-refractivity contribution in [1.82, 2.24) is 0 Å². The Labute approximate surface area is 479 Å². The number of para-hydroxylation sites is 4. The Morgan fingerprint density at radius 2 is 0.519 bits per heavy atom. The molecule has 5 aliphatic rings. The zero-order valence-corrected chi connectivity index (χ0v) is 46.7. The lowest BCUT2D eigenvalue weighted by atomic mass is 9.67. The van der Waals surface area contributed by atoms with Gasteiger partial charge in [-0.05, 0) is 187 Å². The van der Waals surface area contributed by atoms with Gasteiger partial charge in [0, 0.05) is 50.4 Å². The number of nitrogens with zero attached hydrogens (tertiary/aromatic N) is 2. The van der Waals surface area contributed by atoms with Crippen molar-refractivity contribution in [3.8, 4) is 33.4 Å². The summed E-state index contributed by atoms with van der Waals surface area (Å²) in [5.74, 6) is 0. The first-order valence-corrected chi connectivity index (χ1v) is 29.9. The van der Waals surface area contributed by atoms with Crippen LogP contribution in [-0.2, 0) is 16.2 Å². The maximum absolute atomic E-state index is 2.53. The second-order valence-corrected chi connectivity index (χ2v) is 24.3.